The number of ether oxygens (including phenoxy) is 4. The Bertz CT molecular complexity index is 862. The molecule has 216 valence electrons. The molecule has 1 unspecified atom stereocenters. The zero-order chi connectivity index (χ0) is 29.5. The Labute approximate surface area is 217 Å². The fourth-order valence-corrected chi connectivity index (χ4v) is 2.40. The van der Waals surface area contributed by atoms with Crippen molar-refractivity contribution in [3.63, 3.8) is 0 Å². The number of alkyl carbamates (subject to hydrolysis) is 1. The molecule has 0 radical (unpaired) electrons. The van der Waals surface area contributed by atoms with E-state index in [0.717, 1.165) is 6.92 Å². The molecule has 0 bridgehead atoms. The molecule has 0 heterocycles. The van der Waals surface area contributed by atoms with Crippen LogP contribution in [0.2, 0.25) is 0 Å². The molecule has 0 saturated heterocycles. The highest BCUT2D eigenvalue weighted by Gasteiger charge is 2.30. The average molecular weight is 556 g/mol. The first kappa shape index (κ1) is 34.5. The number of hydrogen-bond acceptors (Lipinski definition) is 8. The number of allylic oxidation sites excluding steroid dienone is 2. The molecule has 38 heavy (non-hydrogen) atoms. The van der Waals surface area contributed by atoms with Gasteiger partial charge in [0.05, 0.1) is 13.2 Å². The van der Waals surface area contributed by atoms with Crippen LogP contribution >= 0.6 is 0 Å². The van der Waals surface area contributed by atoms with Crippen molar-refractivity contribution in [3.05, 3.63) is 37.0 Å². The van der Waals surface area contributed by atoms with E-state index < -0.39 is 74.0 Å². The second kappa shape index (κ2) is 17.1. The Kier molecular flexibility index (Phi) is 15.6. The van der Waals surface area contributed by atoms with E-state index in [1.165, 1.54) is 39.0 Å². The predicted molar refractivity (Wildman–Crippen MR) is 126 cm³/mol. The average Bonchev–Trinajstić information content (AvgIpc) is 2.79. The molecule has 0 aromatic carbocycles. The lowest BCUT2D eigenvalue weighted by Gasteiger charge is -2.25. The summed E-state index contributed by atoms with van der Waals surface area (Å²) in [7, 11) is 0. The number of hydrogen-bond donors (Lipinski definition) is 3. The van der Waals surface area contributed by atoms with Crippen LogP contribution in [-0.2, 0) is 33.3 Å². The van der Waals surface area contributed by atoms with Gasteiger partial charge in [0.1, 0.15) is 24.3 Å². The lowest BCUT2D eigenvalue weighted by molar-refractivity contribution is -0.160. The molecule has 3 N–H and O–H groups in total. The van der Waals surface area contributed by atoms with Crippen LogP contribution in [0.1, 0.15) is 27.7 Å². The van der Waals surface area contributed by atoms with E-state index in [1.54, 1.807) is 0 Å². The van der Waals surface area contributed by atoms with Crippen molar-refractivity contribution in [3.8, 4) is 0 Å². The number of rotatable bonds is 16. The normalized spacial score (nSPS) is 14.2. The van der Waals surface area contributed by atoms with Crippen molar-refractivity contribution in [2.75, 3.05) is 19.8 Å². The molecule has 3 amide bonds. The SMILES string of the molecule is C=C/C=C(\C=C)COC(=O)[C@H](COC(F)F)NC(=O)C(C)NC(=O)[C@H](COC(F)F)NC(=O)OC(C)(C)C. The van der Waals surface area contributed by atoms with Gasteiger partial charge in [0, 0.05) is 0 Å². The van der Waals surface area contributed by atoms with E-state index >= 15 is 0 Å². The Balaban J connectivity index is 5.37. The number of esters is 1. The van der Waals surface area contributed by atoms with Crippen molar-refractivity contribution in [1.82, 2.24) is 16.0 Å². The summed E-state index contributed by atoms with van der Waals surface area (Å²) in [6, 6.07) is -4.85. The number of nitrogens with one attached hydrogen (secondary N) is 3. The van der Waals surface area contributed by atoms with Crippen molar-refractivity contribution < 1.29 is 55.7 Å². The molecule has 0 saturated carbocycles. The molecule has 15 heteroatoms. The highest BCUT2D eigenvalue weighted by atomic mass is 19.3. The number of carbonyl (C=O) groups excluding carboxylic acids is 4. The molecule has 0 spiro atoms. The fraction of sp³-hybridized carbons (Fsp3) is 0.565. The number of amides is 3. The van der Waals surface area contributed by atoms with Crippen LogP contribution in [0, 0.1) is 0 Å². The summed E-state index contributed by atoms with van der Waals surface area (Å²) < 4.78 is 68.2. The summed E-state index contributed by atoms with van der Waals surface area (Å²) in [5.74, 6) is -3.30. The van der Waals surface area contributed by atoms with E-state index in [9.17, 15) is 36.7 Å². The standard InChI is InChI=1S/C23H33F4N3O8/c1-7-9-14(8-2)10-35-19(33)16(12-37-21(26)27)29-17(31)13(3)28-18(32)15(11-36-20(24)25)30-22(34)38-23(4,5)6/h7-9,13,15-16,20-21H,1-2,10-12H2,3-6H3,(H,28,32)(H,29,31)(H,30,34)/b14-9+/t13?,15-,16-/m0/s1. The van der Waals surface area contributed by atoms with Crippen LogP contribution in [0.25, 0.3) is 0 Å². The van der Waals surface area contributed by atoms with Crippen LogP contribution in [-0.4, -0.2) is 80.6 Å². The molecule has 0 aromatic rings. The highest BCUT2D eigenvalue weighted by molar-refractivity contribution is 5.93. The Morgan fingerprint density at radius 2 is 1.42 bits per heavy atom. The zero-order valence-corrected chi connectivity index (χ0v) is 21.4. The fourth-order valence-electron chi connectivity index (χ4n) is 2.40. The summed E-state index contributed by atoms with van der Waals surface area (Å²) in [5.41, 5.74) is -0.553. The third-order valence-corrected chi connectivity index (χ3v) is 4.11. The van der Waals surface area contributed by atoms with E-state index in [1.807, 2.05) is 5.32 Å². The van der Waals surface area contributed by atoms with Gasteiger partial charge in [-0.3, -0.25) is 9.59 Å². The topological polar surface area (TPSA) is 141 Å². The molecule has 11 nitrogen and oxygen atoms in total. The first-order chi connectivity index (χ1) is 17.6. The van der Waals surface area contributed by atoms with Crippen LogP contribution < -0.4 is 16.0 Å². The van der Waals surface area contributed by atoms with Gasteiger partial charge >= 0.3 is 25.3 Å². The molecule has 0 aliphatic heterocycles. The Morgan fingerprint density at radius 3 is 1.89 bits per heavy atom. The predicted octanol–water partition coefficient (Wildman–Crippen LogP) is 2.19. The quantitative estimate of drug-likeness (QED) is 0.150. The van der Waals surface area contributed by atoms with Gasteiger partial charge in [-0.25, -0.2) is 9.59 Å². The monoisotopic (exact) mass is 555 g/mol. The number of carbonyl (C=O) groups is 4. The van der Waals surface area contributed by atoms with E-state index in [2.05, 4.69) is 33.3 Å². The number of halogens is 4. The van der Waals surface area contributed by atoms with Gasteiger partial charge in [0.2, 0.25) is 11.8 Å². The lowest BCUT2D eigenvalue weighted by Crippen LogP contribution is -2.57. The van der Waals surface area contributed by atoms with Gasteiger partial charge in [0.15, 0.2) is 6.04 Å². The molecule has 3 atom stereocenters. The van der Waals surface area contributed by atoms with Crippen LogP contribution in [0.4, 0.5) is 22.4 Å². The van der Waals surface area contributed by atoms with Crippen molar-refractivity contribution in [2.24, 2.45) is 0 Å². The molecular formula is C23H33F4N3O8. The molecule has 0 aliphatic carbocycles. The Morgan fingerprint density at radius 1 is 0.868 bits per heavy atom. The molecule has 0 fully saturated rings. The van der Waals surface area contributed by atoms with Crippen molar-refractivity contribution >= 4 is 23.9 Å². The molecular weight excluding hydrogens is 522 g/mol. The first-order valence-electron chi connectivity index (χ1n) is 11.1. The molecule has 0 aromatic heterocycles. The summed E-state index contributed by atoms with van der Waals surface area (Å²) >= 11 is 0. The lowest BCUT2D eigenvalue weighted by atomic mass is 10.2. The minimum atomic E-state index is -3.27. The second-order valence-corrected chi connectivity index (χ2v) is 8.47. The smallest absolute Gasteiger partial charge is 0.408 e. The van der Waals surface area contributed by atoms with Crippen LogP contribution in [0.15, 0.2) is 37.0 Å². The summed E-state index contributed by atoms with van der Waals surface area (Å²) in [6.45, 7) is 3.90. The second-order valence-electron chi connectivity index (χ2n) is 8.47. The minimum Gasteiger partial charge on any atom is -0.459 e. The van der Waals surface area contributed by atoms with Gasteiger partial charge in [-0.2, -0.15) is 17.6 Å². The van der Waals surface area contributed by atoms with Gasteiger partial charge < -0.3 is 34.9 Å². The maximum Gasteiger partial charge on any atom is 0.408 e. The summed E-state index contributed by atoms with van der Waals surface area (Å²) in [6.07, 6.45) is 3.10. The first-order valence-corrected chi connectivity index (χ1v) is 11.1. The number of alkyl halides is 4. The van der Waals surface area contributed by atoms with Gasteiger partial charge in [-0.1, -0.05) is 31.4 Å². The Hall–Kier alpha value is -3.46. The van der Waals surface area contributed by atoms with Gasteiger partial charge in [0.25, 0.3) is 0 Å². The largest absolute Gasteiger partial charge is 0.459 e. The van der Waals surface area contributed by atoms with Crippen LogP contribution in [0.3, 0.4) is 0 Å². The zero-order valence-electron chi connectivity index (χ0n) is 21.4. The van der Waals surface area contributed by atoms with Gasteiger partial charge in [-0.15, -0.1) is 0 Å². The van der Waals surface area contributed by atoms with E-state index in [4.69, 9.17) is 9.47 Å². The maximum absolute atomic E-state index is 12.6. The van der Waals surface area contributed by atoms with Crippen molar-refractivity contribution in [1.29, 1.82) is 0 Å². The summed E-state index contributed by atoms with van der Waals surface area (Å²) in [5, 5.41) is 6.28. The van der Waals surface area contributed by atoms with Gasteiger partial charge in [-0.05, 0) is 33.3 Å². The third kappa shape index (κ3) is 15.6. The molecule has 0 rings (SSSR count). The maximum atomic E-state index is 12.6. The minimum absolute atomic E-state index is 0.316. The van der Waals surface area contributed by atoms with Crippen LogP contribution in [0.5, 0.6) is 0 Å². The summed E-state index contributed by atoms with van der Waals surface area (Å²) in [4.78, 5) is 49.5. The highest BCUT2D eigenvalue weighted by Crippen LogP contribution is 2.08. The van der Waals surface area contributed by atoms with E-state index in [-0.39, 0.29) is 6.61 Å². The van der Waals surface area contributed by atoms with Crippen molar-refractivity contribution in [2.45, 2.75) is 64.6 Å². The van der Waals surface area contributed by atoms with E-state index in [0.29, 0.717) is 5.57 Å². The molecule has 0 aliphatic rings. The third-order valence-electron chi connectivity index (χ3n) is 4.11.